The number of hydrogen-bond acceptors (Lipinski definition) is 4. The van der Waals surface area contributed by atoms with Gasteiger partial charge in [0.25, 0.3) is 5.91 Å². The Balaban J connectivity index is 2.31. The standard InChI is InChI=1S/C16H17BrF3N3O3/c1-8(10-7-9(25-3)5-6-11(10)26-4)21-15(24)13-12(17)14(16(18,19)20)23(2)22-13/h5-8H,1-4H3,(H,21,24). The molecule has 0 aliphatic carbocycles. The van der Waals surface area contributed by atoms with Crippen LogP contribution in [0.4, 0.5) is 13.2 Å². The first-order valence-corrected chi connectivity index (χ1v) is 8.21. The van der Waals surface area contributed by atoms with E-state index in [2.05, 4.69) is 26.3 Å². The number of alkyl halides is 3. The van der Waals surface area contributed by atoms with Crippen LogP contribution in [0, 0.1) is 0 Å². The van der Waals surface area contributed by atoms with Crippen molar-refractivity contribution in [2.45, 2.75) is 19.1 Å². The van der Waals surface area contributed by atoms with Crippen molar-refractivity contribution < 1.29 is 27.4 Å². The largest absolute Gasteiger partial charge is 0.497 e. The molecule has 0 saturated heterocycles. The Morgan fingerprint density at radius 1 is 1.31 bits per heavy atom. The zero-order chi connectivity index (χ0) is 19.6. The minimum absolute atomic E-state index is 0.353. The number of hydrogen-bond donors (Lipinski definition) is 1. The highest BCUT2D eigenvalue weighted by molar-refractivity contribution is 9.10. The van der Waals surface area contributed by atoms with E-state index in [1.165, 1.54) is 14.2 Å². The molecule has 6 nitrogen and oxygen atoms in total. The predicted molar refractivity (Wildman–Crippen MR) is 91.3 cm³/mol. The van der Waals surface area contributed by atoms with Gasteiger partial charge >= 0.3 is 6.18 Å². The van der Waals surface area contributed by atoms with Crippen molar-refractivity contribution in [3.63, 3.8) is 0 Å². The molecule has 1 N–H and O–H groups in total. The third-order valence-electron chi connectivity index (χ3n) is 3.72. The van der Waals surface area contributed by atoms with Crippen LogP contribution in [0.5, 0.6) is 11.5 Å². The number of rotatable bonds is 5. The first kappa shape index (κ1) is 20.1. The van der Waals surface area contributed by atoms with Gasteiger partial charge in [-0.2, -0.15) is 18.3 Å². The van der Waals surface area contributed by atoms with Crippen molar-refractivity contribution in [1.82, 2.24) is 15.1 Å². The van der Waals surface area contributed by atoms with Gasteiger partial charge in [0.1, 0.15) is 11.5 Å². The van der Waals surface area contributed by atoms with Crippen LogP contribution in [0.2, 0.25) is 0 Å². The fourth-order valence-electron chi connectivity index (χ4n) is 2.47. The number of halogens is 4. The molecule has 0 spiro atoms. The van der Waals surface area contributed by atoms with E-state index in [1.54, 1.807) is 25.1 Å². The Labute approximate surface area is 156 Å². The topological polar surface area (TPSA) is 65.4 Å². The summed E-state index contributed by atoms with van der Waals surface area (Å²) in [5, 5.41) is 6.31. The molecule has 0 radical (unpaired) electrons. The van der Waals surface area contributed by atoms with Gasteiger partial charge in [0.2, 0.25) is 0 Å². The lowest BCUT2D eigenvalue weighted by atomic mass is 10.1. The van der Waals surface area contributed by atoms with E-state index >= 15 is 0 Å². The first-order chi connectivity index (χ1) is 12.1. The molecule has 0 saturated carbocycles. The van der Waals surface area contributed by atoms with Gasteiger partial charge in [-0.15, -0.1) is 0 Å². The van der Waals surface area contributed by atoms with Crippen LogP contribution < -0.4 is 14.8 Å². The van der Waals surface area contributed by atoms with E-state index in [-0.39, 0.29) is 5.69 Å². The van der Waals surface area contributed by atoms with Gasteiger partial charge in [-0.05, 0) is 41.1 Å². The summed E-state index contributed by atoms with van der Waals surface area (Å²) in [4.78, 5) is 12.4. The maximum absolute atomic E-state index is 13.0. The highest BCUT2D eigenvalue weighted by Crippen LogP contribution is 2.36. The Morgan fingerprint density at radius 3 is 2.46 bits per heavy atom. The average molecular weight is 436 g/mol. The minimum atomic E-state index is -4.64. The Morgan fingerprint density at radius 2 is 1.96 bits per heavy atom. The smallest absolute Gasteiger partial charge is 0.434 e. The summed E-state index contributed by atoms with van der Waals surface area (Å²) in [6, 6.07) is 4.49. The van der Waals surface area contributed by atoms with E-state index in [9.17, 15) is 18.0 Å². The van der Waals surface area contributed by atoms with E-state index in [4.69, 9.17) is 9.47 Å². The van der Waals surface area contributed by atoms with E-state index in [0.717, 1.165) is 7.05 Å². The van der Waals surface area contributed by atoms with Crippen LogP contribution in [-0.2, 0) is 13.2 Å². The fraction of sp³-hybridized carbons (Fsp3) is 0.375. The lowest BCUT2D eigenvalue weighted by molar-refractivity contribution is -0.144. The second kappa shape index (κ2) is 7.56. The molecule has 2 rings (SSSR count). The van der Waals surface area contributed by atoms with Crippen LogP contribution in [-0.4, -0.2) is 29.9 Å². The summed E-state index contributed by atoms with van der Waals surface area (Å²) in [5.41, 5.74) is -0.772. The third-order valence-corrected chi connectivity index (χ3v) is 4.48. The van der Waals surface area contributed by atoms with Gasteiger partial charge in [-0.1, -0.05) is 0 Å². The molecule has 2 aromatic rings. The zero-order valence-corrected chi connectivity index (χ0v) is 16.0. The highest BCUT2D eigenvalue weighted by atomic mass is 79.9. The van der Waals surface area contributed by atoms with E-state index in [0.29, 0.717) is 21.7 Å². The quantitative estimate of drug-likeness (QED) is 0.777. The number of nitrogens with zero attached hydrogens (tertiary/aromatic N) is 2. The van der Waals surface area contributed by atoms with Crippen molar-refractivity contribution in [3.8, 4) is 11.5 Å². The summed E-state index contributed by atoms with van der Waals surface area (Å²) in [6.45, 7) is 1.68. The molecule has 142 valence electrons. The fourth-order valence-corrected chi connectivity index (χ4v) is 3.21. The van der Waals surface area contributed by atoms with Gasteiger partial charge < -0.3 is 14.8 Å². The maximum Gasteiger partial charge on any atom is 0.434 e. The molecule has 0 bridgehead atoms. The van der Waals surface area contributed by atoms with Crippen LogP contribution in [0.3, 0.4) is 0 Å². The molecule has 1 heterocycles. The van der Waals surface area contributed by atoms with Crippen LogP contribution in [0.15, 0.2) is 22.7 Å². The molecule has 1 amide bonds. The molecule has 1 aromatic heterocycles. The lowest BCUT2D eigenvalue weighted by Crippen LogP contribution is -2.27. The summed E-state index contributed by atoms with van der Waals surface area (Å²) in [7, 11) is 4.10. The molecule has 0 aliphatic heterocycles. The Kier molecular flexibility index (Phi) is 5.84. The summed E-state index contributed by atoms with van der Waals surface area (Å²) in [5.74, 6) is 0.315. The first-order valence-electron chi connectivity index (χ1n) is 7.42. The van der Waals surface area contributed by atoms with Gasteiger partial charge in [-0.25, -0.2) is 0 Å². The number of nitrogens with one attached hydrogen (secondary N) is 1. The number of ether oxygens (including phenoxy) is 2. The lowest BCUT2D eigenvalue weighted by Gasteiger charge is -2.18. The SMILES string of the molecule is COc1ccc(OC)c(C(C)NC(=O)c2nn(C)c(C(F)(F)F)c2Br)c1. The number of aryl methyl sites for hydroxylation is 1. The predicted octanol–water partition coefficient (Wildman–Crippen LogP) is 3.71. The molecular formula is C16H17BrF3N3O3. The molecule has 1 aromatic carbocycles. The molecule has 10 heteroatoms. The van der Waals surface area contributed by atoms with Crippen LogP contribution >= 0.6 is 15.9 Å². The minimum Gasteiger partial charge on any atom is -0.497 e. The summed E-state index contributed by atoms with van der Waals surface area (Å²) in [6.07, 6.45) is -4.64. The third kappa shape index (κ3) is 3.95. The Bertz CT molecular complexity index is 821. The molecule has 0 fully saturated rings. The molecule has 1 atom stereocenters. The number of methoxy groups -OCH3 is 2. The molecule has 26 heavy (non-hydrogen) atoms. The number of amides is 1. The Hall–Kier alpha value is -2.23. The molecule has 0 aliphatic rings. The second-order valence-electron chi connectivity index (χ2n) is 5.44. The number of carbonyl (C=O) groups is 1. The van der Waals surface area contributed by atoms with Gasteiger partial charge in [-0.3, -0.25) is 9.48 Å². The zero-order valence-electron chi connectivity index (χ0n) is 14.4. The van der Waals surface area contributed by atoms with Crippen molar-refractivity contribution >= 4 is 21.8 Å². The van der Waals surface area contributed by atoms with Gasteiger partial charge in [0, 0.05) is 12.6 Å². The van der Waals surface area contributed by atoms with Crippen molar-refractivity contribution in [2.75, 3.05) is 14.2 Å². The van der Waals surface area contributed by atoms with Crippen molar-refractivity contribution in [2.24, 2.45) is 7.05 Å². The number of benzene rings is 1. The van der Waals surface area contributed by atoms with Gasteiger partial charge in [0.15, 0.2) is 11.4 Å². The average Bonchev–Trinajstić information content (AvgIpc) is 2.88. The second-order valence-corrected chi connectivity index (χ2v) is 6.23. The van der Waals surface area contributed by atoms with Crippen LogP contribution in [0.25, 0.3) is 0 Å². The van der Waals surface area contributed by atoms with E-state index in [1.807, 2.05) is 0 Å². The number of carbonyl (C=O) groups excluding carboxylic acids is 1. The molecule has 1 unspecified atom stereocenters. The van der Waals surface area contributed by atoms with Crippen molar-refractivity contribution in [3.05, 3.63) is 39.6 Å². The normalized spacial score (nSPS) is 12.6. The number of aromatic nitrogens is 2. The summed E-state index contributed by atoms with van der Waals surface area (Å²) < 4.78 is 49.8. The summed E-state index contributed by atoms with van der Waals surface area (Å²) >= 11 is 2.83. The maximum atomic E-state index is 13.0. The highest BCUT2D eigenvalue weighted by Gasteiger charge is 2.39. The van der Waals surface area contributed by atoms with Crippen molar-refractivity contribution in [1.29, 1.82) is 0 Å². The monoisotopic (exact) mass is 435 g/mol. The van der Waals surface area contributed by atoms with Gasteiger partial charge in [0.05, 0.1) is 24.7 Å². The van der Waals surface area contributed by atoms with E-state index < -0.39 is 28.3 Å². The van der Waals surface area contributed by atoms with Crippen LogP contribution in [0.1, 0.15) is 34.7 Å². The molecular weight excluding hydrogens is 419 g/mol.